The fourth-order valence-electron chi connectivity index (χ4n) is 4.01. The molecule has 1 atom stereocenters. The van der Waals surface area contributed by atoms with Crippen LogP contribution in [0.2, 0.25) is 5.02 Å². The Hall–Kier alpha value is -3.25. The number of benzene rings is 2. The molecule has 0 radical (unpaired) electrons. The van der Waals surface area contributed by atoms with Crippen molar-refractivity contribution in [2.45, 2.75) is 38.1 Å². The molecule has 2 heterocycles. The van der Waals surface area contributed by atoms with Crippen LogP contribution in [-0.2, 0) is 11.2 Å². The summed E-state index contributed by atoms with van der Waals surface area (Å²) < 4.78 is 0. The van der Waals surface area contributed by atoms with E-state index in [-0.39, 0.29) is 23.3 Å². The number of allylic oxidation sites excluding steroid dienone is 1. The summed E-state index contributed by atoms with van der Waals surface area (Å²) in [5.41, 5.74) is 1.19. The van der Waals surface area contributed by atoms with E-state index >= 15 is 0 Å². The molecule has 0 aliphatic carbocycles. The van der Waals surface area contributed by atoms with E-state index in [4.69, 9.17) is 11.6 Å². The van der Waals surface area contributed by atoms with Gasteiger partial charge in [-0.3, -0.25) is 24.1 Å². The lowest BCUT2D eigenvalue weighted by molar-refractivity contribution is -0.131. The van der Waals surface area contributed by atoms with Crippen molar-refractivity contribution in [2.24, 2.45) is 0 Å². The number of aryl methyl sites for hydroxylation is 1. The quantitative estimate of drug-likeness (QED) is 0.568. The van der Waals surface area contributed by atoms with Gasteiger partial charge in [-0.05, 0) is 68.1 Å². The first-order valence-corrected chi connectivity index (χ1v) is 10.4. The molecule has 1 N–H and O–H groups in total. The third-order valence-electron chi connectivity index (χ3n) is 5.94. The number of fused-ring (bicyclic) bond motifs is 1. The molecule has 7 heteroatoms. The topological polar surface area (TPSA) is 83.6 Å². The van der Waals surface area contributed by atoms with Gasteiger partial charge in [-0.25, -0.2) is 0 Å². The largest absolute Gasteiger partial charge is 0.328 e. The molecule has 4 rings (SSSR count). The number of ketones is 1. The highest BCUT2D eigenvalue weighted by molar-refractivity contribution is 6.30. The maximum atomic E-state index is 13.1. The molecule has 6 nitrogen and oxygen atoms in total. The minimum atomic E-state index is -1.26. The minimum Gasteiger partial charge on any atom is -0.328 e. The molecule has 0 unspecified atom stereocenters. The number of Topliss-reactive ketones (excluding diaryl/α,β-unsaturated/α-hetero) is 1. The van der Waals surface area contributed by atoms with Gasteiger partial charge in [0.05, 0.1) is 11.1 Å². The van der Waals surface area contributed by atoms with Gasteiger partial charge in [-0.1, -0.05) is 24.2 Å². The SMILES string of the molecule is C=C1CC[C@](C)(N2C(=O)c3ccc(CCC(=O)c4ccc(Cl)cc4)cc3C2=O)C(=O)N1. The number of hydrogen-bond acceptors (Lipinski definition) is 4. The highest BCUT2D eigenvalue weighted by Crippen LogP contribution is 2.35. The maximum absolute atomic E-state index is 13.1. The first-order chi connectivity index (χ1) is 14.7. The van der Waals surface area contributed by atoms with Gasteiger partial charge in [0.2, 0.25) is 5.91 Å². The summed E-state index contributed by atoms with van der Waals surface area (Å²) in [5, 5.41) is 3.22. The van der Waals surface area contributed by atoms with E-state index in [2.05, 4.69) is 11.9 Å². The molecule has 3 amide bonds. The van der Waals surface area contributed by atoms with Crippen LogP contribution in [0.5, 0.6) is 0 Å². The highest BCUT2D eigenvalue weighted by atomic mass is 35.5. The van der Waals surface area contributed by atoms with Crippen molar-refractivity contribution in [1.82, 2.24) is 10.2 Å². The highest BCUT2D eigenvalue weighted by Gasteiger charge is 2.51. The molecule has 0 aromatic heterocycles. The van der Waals surface area contributed by atoms with Gasteiger partial charge in [0.15, 0.2) is 5.78 Å². The molecule has 31 heavy (non-hydrogen) atoms. The molecular weight excluding hydrogens is 416 g/mol. The van der Waals surface area contributed by atoms with Crippen LogP contribution >= 0.6 is 11.6 Å². The third kappa shape index (κ3) is 3.68. The van der Waals surface area contributed by atoms with Gasteiger partial charge in [0, 0.05) is 22.7 Å². The second kappa shape index (κ2) is 7.78. The second-order valence-electron chi connectivity index (χ2n) is 8.09. The zero-order valence-corrected chi connectivity index (χ0v) is 17.8. The van der Waals surface area contributed by atoms with Crippen LogP contribution in [0.3, 0.4) is 0 Å². The van der Waals surface area contributed by atoms with Crippen LogP contribution in [-0.4, -0.2) is 33.9 Å². The van der Waals surface area contributed by atoms with Crippen molar-refractivity contribution in [2.75, 3.05) is 0 Å². The number of imide groups is 1. The lowest BCUT2D eigenvalue weighted by atomic mass is 9.88. The number of piperidine rings is 1. The van der Waals surface area contributed by atoms with Crippen molar-refractivity contribution in [3.63, 3.8) is 0 Å². The standard InChI is InChI=1S/C24H21ClN2O4/c1-14-11-12-24(2,23(31)26-14)27-21(29)18-9-3-15(13-19(18)22(27)30)4-10-20(28)16-5-7-17(25)8-6-16/h3,5-9,13H,1,4,10-12H2,2H3,(H,26,31)/t24-/m0/s1. The predicted octanol–water partition coefficient (Wildman–Crippen LogP) is 3.93. The number of carbonyl (C=O) groups excluding carboxylic acids is 4. The number of halogens is 1. The summed E-state index contributed by atoms with van der Waals surface area (Å²) in [7, 11) is 0. The van der Waals surface area contributed by atoms with Crippen molar-refractivity contribution >= 4 is 35.1 Å². The van der Waals surface area contributed by atoms with E-state index in [0.29, 0.717) is 35.5 Å². The van der Waals surface area contributed by atoms with Crippen LogP contribution < -0.4 is 5.32 Å². The Morgan fingerprint density at radius 2 is 1.77 bits per heavy atom. The number of nitrogens with zero attached hydrogens (tertiary/aromatic N) is 1. The smallest absolute Gasteiger partial charge is 0.262 e. The number of carbonyl (C=O) groups is 4. The second-order valence-corrected chi connectivity index (χ2v) is 8.52. The van der Waals surface area contributed by atoms with Crippen molar-refractivity contribution < 1.29 is 19.2 Å². The number of nitrogens with one attached hydrogen (secondary N) is 1. The zero-order valence-electron chi connectivity index (χ0n) is 17.0. The van der Waals surface area contributed by atoms with Crippen LogP contribution in [0, 0.1) is 0 Å². The van der Waals surface area contributed by atoms with E-state index < -0.39 is 23.3 Å². The average Bonchev–Trinajstić information content (AvgIpc) is 3.00. The molecule has 0 spiro atoms. The van der Waals surface area contributed by atoms with Gasteiger partial charge in [-0.15, -0.1) is 0 Å². The molecule has 1 fully saturated rings. The lowest BCUT2D eigenvalue weighted by Gasteiger charge is -2.39. The molecule has 2 aliphatic rings. The fraction of sp³-hybridized carbons (Fsp3) is 0.250. The van der Waals surface area contributed by atoms with Gasteiger partial charge in [-0.2, -0.15) is 0 Å². The molecular formula is C24H21ClN2O4. The number of rotatable bonds is 5. The van der Waals surface area contributed by atoms with E-state index in [1.807, 2.05) is 0 Å². The Labute approximate surface area is 184 Å². The van der Waals surface area contributed by atoms with Crippen LogP contribution in [0.4, 0.5) is 0 Å². The first kappa shape index (κ1) is 21.0. The van der Waals surface area contributed by atoms with Crippen LogP contribution in [0.25, 0.3) is 0 Å². The Balaban J connectivity index is 1.53. The lowest BCUT2D eigenvalue weighted by Crippen LogP contribution is -2.60. The predicted molar refractivity (Wildman–Crippen MR) is 116 cm³/mol. The summed E-state index contributed by atoms with van der Waals surface area (Å²) in [5.74, 6) is -1.41. The number of hydrogen-bond donors (Lipinski definition) is 1. The van der Waals surface area contributed by atoms with E-state index in [9.17, 15) is 19.2 Å². The summed E-state index contributed by atoms with van der Waals surface area (Å²) in [6.07, 6.45) is 1.50. The van der Waals surface area contributed by atoms with Gasteiger partial charge in [0.25, 0.3) is 11.8 Å². The minimum absolute atomic E-state index is 0.0344. The van der Waals surface area contributed by atoms with Gasteiger partial charge >= 0.3 is 0 Å². The Bertz CT molecular complexity index is 1140. The van der Waals surface area contributed by atoms with E-state index in [1.54, 1.807) is 49.4 Å². The van der Waals surface area contributed by atoms with Gasteiger partial charge in [0.1, 0.15) is 5.54 Å². The summed E-state index contributed by atoms with van der Waals surface area (Å²) in [6, 6.07) is 11.7. The summed E-state index contributed by atoms with van der Waals surface area (Å²) in [4.78, 5) is 52.1. The zero-order chi connectivity index (χ0) is 22.3. The van der Waals surface area contributed by atoms with Crippen molar-refractivity contribution in [1.29, 1.82) is 0 Å². The molecule has 1 saturated heterocycles. The Kier molecular flexibility index (Phi) is 5.27. The molecule has 0 bridgehead atoms. The van der Waals surface area contributed by atoms with Crippen molar-refractivity contribution in [3.05, 3.63) is 82.0 Å². The van der Waals surface area contributed by atoms with E-state index in [0.717, 1.165) is 10.5 Å². The average molecular weight is 437 g/mol. The summed E-state index contributed by atoms with van der Waals surface area (Å²) >= 11 is 5.86. The Morgan fingerprint density at radius 3 is 2.45 bits per heavy atom. The normalized spacial score (nSPS) is 20.6. The fourth-order valence-corrected chi connectivity index (χ4v) is 4.13. The van der Waals surface area contributed by atoms with Crippen molar-refractivity contribution in [3.8, 4) is 0 Å². The van der Waals surface area contributed by atoms with Crippen LogP contribution in [0.1, 0.15) is 62.8 Å². The Morgan fingerprint density at radius 1 is 1.10 bits per heavy atom. The number of amides is 3. The molecule has 2 aliphatic heterocycles. The van der Waals surface area contributed by atoms with Crippen LogP contribution in [0.15, 0.2) is 54.7 Å². The third-order valence-corrected chi connectivity index (χ3v) is 6.20. The maximum Gasteiger partial charge on any atom is 0.262 e. The molecule has 2 aromatic rings. The van der Waals surface area contributed by atoms with E-state index in [1.165, 1.54) is 0 Å². The first-order valence-electron chi connectivity index (χ1n) is 10.0. The molecule has 0 saturated carbocycles. The summed E-state index contributed by atoms with van der Waals surface area (Å²) in [6.45, 7) is 5.35. The van der Waals surface area contributed by atoms with Gasteiger partial charge < -0.3 is 5.32 Å². The monoisotopic (exact) mass is 436 g/mol. The molecule has 2 aromatic carbocycles. The molecule has 158 valence electrons.